The molecule has 0 bridgehead atoms. The topological polar surface area (TPSA) is 88.7 Å². The minimum Gasteiger partial charge on any atom is -0.487 e. The Hall–Kier alpha value is -3.64. The van der Waals surface area contributed by atoms with Crippen molar-refractivity contribution in [3.8, 4) is 5.75 Å². The molecule has 2 aromatic rings. The molecule has 208 valence electrons. The van der Waals surface area contributed by atoms with Crippen LogP contribution in [0.4, 0.5) is 47.3 Å². The van der Waals surface area contributed by atoms with Crippen LogP contribution in [0.25, 0.3) is 0 Å². The van der Waals surface area contributed by atoms with Gasteiger partial charge in [0.1, 0.15) is 17.0 Å². The lowest BCUT2D eigenvalue weighted by Gasteiger charge is -2.38. The maximum absolute atomic E-state index is 13.2. The lowest BCUT2D eigenvalue weighted by Crippen LogP contribution is -2.42. The van der Waals surface area contributed by atoms with Crippen LogP contribution < -0.4 is 20.7 Å². The Labute approximate surface area is 214 Å². The first-order valence-corrected chi connectivity index (χ1v) is 11.4. The first kappa shape index (κ1) is 28.9. The van der Waals surface area contributed by atoms with Crippen LogP contribution in [0.5, 0.6) is 5.75 Å². The van der Waals surface area contributed by atoms with Crippen LogP contribution in [0.2, 0.25) is 0 Å². The summed E-state index contributed by atoms with van der Waals surface area (Å²) in [5.74, 6) is 0.375. The monoisotopic (exact) mass is 547 g/mol. The number of carbonyl (C=O) groups is 2. The highest BCUT2D eigenvalue weighted by Crippen LogP contribution is 2.41. The number of ether oxygens (including phenoxy) is 2. The number of rotatable bonds is 3. The number of anilines is 2. The average molecular weight is 547 g/mol. The molecule has 0 saturated carbocycles. The van der Waals surface area contributed by atoms with Gasteiger partial charge in [0.2, 0.25) is 0 Å². The van der Waals surface area contributed by atoms with Gasteiger partial charge < -0.3 is 20.1 Å². The van der Waals surface area contributed by atoms with Crippen LogP contribution in [0.1, 0.15) is 63.8 Å². The van der Waals surface area contributed by atoms with E-state index in [2.05, 4.69) is 16.0 Å². The molecule has 1 atom stereocenters. The Kier molecular flexibility index (Phi) is 7.55. The molecule has 38 heavy (non-hydrogen) atoms. The number of benzene rings is 2. The number of hydrogen-bond acceptors (Lipinski definition) is 4. The molecule has 3 rings (SSSR count). The van der Waals surface area contributed by atoms with E-state index >= 15 is 0 Å². The zero-order valence-electron chi connectivity index (χ0n) is 21.1. The number of carbonyl (C=O) groups excluding carboxylic acids is 2. The molecule has 0 spiro atoms. The summed E-state index contributed by atoms with van der Waals surface area (Å²) >= 11 is 0. The molecule has 1 heterocycles. The highest BCUT2D eigenvalue weighted by molar-refractivity contribution is 5.90. The Bertz CT molecular complexity index is 1190. The first-order chi connectivity index (χ1) is 17.2. The number of amides is 3. The van der Waals surface area contributed by atoms with Crippen molar-refractivity contribution >= 4 is 23.5 Å². The van der Waals surface area contributed by atoms with E-state index in [1.807, 2.05) is 0 Å². The zero-order chi connectivity index (χ0) is 28.7. The van der Waals surface area contributed by atoms with E-state index in [0.717, 1.165) is 0 Å². The van der Waals surface area contributed by atoms with Gasteiger partial charge in [0.05, 0.1) is 17.2 Å². The molecular formula is C25H27F6N3O4. The normalized spacial score (nSPS) is 17.1. The Morgan fingerprint density at radius 1 is 0.895 bits per heavy atom. The molecule has 7 nitrogen and oxygen atoms in total. The molecule has 13 heteroatoms. The number of halogens is 6. The summed E-state index contributed by atoms with van der Waals surface area (Å²) < 4.78 is 90.2. The van der Waals surface area contributed by atoms with Gasteiger partial charge in [0.15, 0.2) is 0 Å². The molecule has 1 aliphatic heterocycles. The third-order valence-corrected chi connectivity index (χ3v) is 5.26. The van der Waals surface area contributed by atoms with Crippen LogP contribution in [-0.4, -0.2) is 23.3 Å². The molecule has 3 amide bonds. The number of hydrogen-bond donors (Lipinski definition) is 3. The van der Waals surface area contributed by atoms with Gasteiger partial charge in [-0.3, -0.25) is 5.32 Å². The molecule has 3 N–H and O–H groups in total. The predicted octanol–water partition coefficient (Wildman–Crippen LogP) is 7.50. The first-order valence-electron chi connectivity index (χ1n) is 11.4. The van der Waals surface area contributed by atoms with Gasteiger partial charge in [-0.1, -0.05) is 0 Å². The van der Waals surface area contributed by atoms with Crippen molar-refractivity contribution in [2.24, 2.45) is 0 Å². The molecular weight excluding hydrogens is 520 g/mol. The predicted molar refractivity (Wildman–Crippen MR) is 127 cm³/mol. The number of alkyl halides is 6. The van der Waals surface area contributed by atoms with Gasteiger partial charge in [0, 0.05) is 23.4 Å². The van der Waals surface area contributed by atoms with Gasteiger partial charge >= 0.3 is 24.5 Å². The molecule has 0 fully saturated rings. The Morgan fingerprint density at radius 3 is 2.00 bits per heavy atom. The van der Waals surface area contributed by atoms with Crippen molar-refractivity contribution in [1.29, 1.82) is 0 Å². The SMILES string of the molecule is CC(C)(C)OC(=O)Nc1ccc2c(c1)[C@@H](NC(=O)Nc1cc(C(F)(F)F)cc(C(F)(F)F)c1)CC(C)(C)O2. The average Bonchev–Trinajstić information content (AvgIpc) is 2.70. The summed E-state index contributed by atoms with van der Waals surface area (Å²) in [5.41, 5.74) is -4.56. The van der Waals surface area contributed by atoms with E-state index in [1.165, 1.54) is 6.07 Å². The number of nitrogens with one attached hydrogen (secondary N) is 3. The maximum Gasteiger partial charge on any atom is 0.416 e. The minimum atomic E-state index is -5.06. The fourth-order valence-corrected chi connectivity index (χ4v) is 3.84. The van der Waals surface area contributed by atoms with E-state index in [1.54, 1.807) is 46.8 Å². The third-order valence-electron chi connectivity index (χ3n) is 5.26. The fourth-order valence-electron chi connectivity index (χ4n) is 3.84. The molecule has 0 aromatic heterocycles. The van der Waals surface area contributed by atoms with Crippen molar-refractivity contribution in [1.82, 2.24) is 5.32 Å². The highest BCUT2D eigenvalue weighted by Gasteiger charge is 2.38. The fraction of sp³-hybridized carbons (Fsp3) is 0.440. The Morgan fingerprint density at radius 2 is 1.47 bits per heavy atom. The summed E-state index contributed by atoms with van der Waals surface area (Å²) in [5, 5.41) is 7.21. The lowest BCUT2D eigenvalue weighted by molar-refractivity contribution is -0.143. The molecule has 2 aromatic carbocycles. The molecule has 1 aliphatic rings. The van der Waals surface area contributed by atoms with Crippen molar-refractivity contribution in [2.75, 3.05) is 10.6 Å². The van der Waals surface area contributed by atoms with Crippen LogP contribution in [0.3, 0.4) is 0 Å². The van der Waals surface area contributed by atoms with Crippen LogP contribution >= 0.6 is 0 Å². The van der Waals surface area contributed by atoms with E-state index < -0.39 is 58.5 Å². The molecule has 0 radical (unpaired) electrons. The van der Waals surface area contributed by atoms with Crippen molar-refractivity contribution in [2.45, 2.75) is 70.6 Å². The zero-order valence-corrected chi connectivity index (χ0v) is 21.1. The van der Waals surface area contributed by atoms with Gasteiger partial charge in [0.25, 0.3) is 0 Å². The van der Waals surface area contributed by atoms with Crippen molar-refractivity contribution in [3.05, 3.63) is 53.1 Å². The van der Waals surface area contributed by atoms with E-state index in [0.29, 0.717) is 29.1 Å². The standard InChI is InChI=1S/C25H27F6N3O4/c1-22(2,3)38-21(36)33-15-6-7-19-17(11-15)18(12-23(4,5)37-19)34-20(35)32-16-9-13(24(26,27)28)8-14(10-16)25(29,30)31/h6-11,18H,12H2,1-5H3,(H,33,36)(H2,32,34,35)/t18-/m0/s1. The van der Waals surface area contributed by atoms with Gasteiger partial charge in [-0.15, -0.1) is 0 Å². The summed E-state index contributed by atoms with van der Waals surface area (Å²) in [7, 11) is 0. The summed E-state index contributed by atoms with van der Waals surface area (Å²) in [6.45, 7) is 8.57. The Balaban J connectivity index is 1.85. The summed E-state index contributed by atoms with van der Waals surface area (Å²) in [6, 6.07) is 3.67. The number of fused-ring (bicyclic) bond motifs is 1. The molecule has 0 saturated heterocycles. The van der Waals surface area contributed by atoms with Gasteiger partial charge in [-0.2, -0.15) is 26.3 Å². The highest BCUT2D eigenvalue weighted by atomic mass is 19.4. The quantitative estimate of drug-likeness (QED) is 0.348. The summed E-state index contributed by atoms with van der Waals surface area (Å²) in [6.07, 6.45) is -10.6. The second-order valence-corrected chi connectivity index (χ2v) is 10.4. The third kappa shape index (κ3) is 7.68. The largest absolute Gasteiger partial charge is 0.487 e. The van der Waals surface area contributed by atoms with E-state index in [9.17, 15) is 35.9 Å². The maximum atomic E-state index is 13.2. The van der Waals surface area contributed by atoms with Gasteiger partial charge in [-0.05, 0) is 71.0 Å². The van der Waals surface area contributed by atoms with Crippen molar-refractivity contribution in [3.63, 3.8) is 0 Å². The second-order valence-electron chi connectivity index (χ2n) is 10.4. The van der Waals surface area contributed by atoms with E-state index in [4.69, 9.17) is 9.47 Å². The van der Waals surface area contributed by atoms with Crippen LogP contribution in [0, 0.1) is 0 Å². The van der Waals surface area contributed by atoms with Gasteiger partial charge in [-0.25, -0.2) is 9.59 Å². The molecule has 0 aliphatic carbocycles. The van der Waals surface area contributed by atoms with Crippen LogP contribution in [0.15, 0.2) is 36.4 Å². The second kappa shape index (κ2) is 9.91. The number of urea groups is 1. The summed E-state index contributed by atoms with van der Waals surface area (Å²) in [4.78, 5) is 24.9. The van der Waals surface area contributed by atoms with E-state index in [-0.39, 0.29) is 12.5 Å². The smallest absolute Gasteiger partial charge is 0.416 e. The lowest BCUT2D eigenvalue weighted by atomic mass is 9.89. The minimum absolute atomic E-state index is 0.0283. The van der Waals surface area contributed by atoms with Crippen molar-refractivity contribution < 1.29 is 45.4 Å². The molecule has 0 unspecified atom stereocenters. The van der Waals surface area contributed by atoms with Crippen LogP contribution in [-0.2, 0) is 17.1 Å².